The smallest absolute Gasteiger partial charge is 0.406 e. The van der Waals surface area contributed by atoms with E-state index in [-0.39, 0.29) is 40.2 Å². The Morgan fingerprint density at radius 3 is 2.32 bits per heavy atom. The zero-order chi connectivity index (χ0) is 22.6. The topological polar surface area (TPSA) is 123 Å². The third kappa shape index (κ3) is 4.17. The first kappa shape index (κ1) is 21.4. The standard InChI is InChI=1S/C19H18F3N3O5S/c20-19(21,22)30-12-3-5-13(6-4-12)31(28,29)14-7-15(23)16(24-8-14)17(26)25-9-18(27,10-25)11-1-2-11/h3-8,11,27H,1-2,9-10,23H2. The minimum absolute atomic E-state index is 0.134. The molecule has 1 saturated carbocycles. The number of nitrogens with two attached hydrogens (primary N) is 1. The van der Waals surface area contributed by atoms with Crippen LogP contribution in [0, 0.1) is 5.92 Å². The Balaban J connectivity index is 1.51. The zero-order valence-electron chi connectivity index (χ0n) is 16.0. The van der Waals surface area contributed by atoms with Gasteiger partial charge in [0.1, 0.15) is 11.4 Å². The van der Waals surface area contributed by atoms with E-state index in [0.717, 1.165) is 49.4 Å². The van der Waals surface area contributed by atoms with Crippen LogP contribution in [-0.4, -0.2) is 54.4 Å². The second-order valence-corrected chi connectivity index (χ2v) is 9.62. The van der Waals surface area contributed by atoms with E-state index in [0.29, 0.717) is 0 Å². The SMILES string of the molecule is Nc1cc(S(=O)(=O)c2ccc(OC(F)(F)F)cc2)cnc1C(=O)N1CC(O)(C2CC2)C1. The maximum Gasteiger partial charge on any atom is 0.573 e. The van der Waals surface area contributed by atoms with Gasteiger partial charge >= 0.3 is 6.36 Å². The van der Waals surface area contributed by atoms with Crippen LogP contribution in [0.15, 0.2) is 46.3 Å². The number of nitrogen functional groups attached to an aromatic ring is 1. The number of β-amino-alcohol motifs (C(OH)–C–C–N with tert-alkyl or cyclic N) is 1. The van der Waals surface area contributed by atoms with Gasteiger partial charge in [-0.05, 0) is 49.1 Å². The summed E-state index contributed by atoms with van der Waals surface area (Å²) >= 11 is 0. The number of aliphatic hydroxyl groups is 1. The molecule has 1 amide bonds. The predicted molar refractivity (Wildman–Crippen MR) is 101 cm³/mol. The van der Waals surface area contributed by atoms with Crippen LogP contribution in [0.1, 0.15) is 23.3 Å². The van der Waals surface area contributed by atoms with Crippen LogP contribution in [0.25, 0.3) is 0 Å². The highest BCUT2D eigenvalue weighted by Gasteiger charge is 2.53. The van der Waals surface area contributed by atoms with Crippen molar-refractivity contribution in [2.24, 2.45) is 5.92 Å². The molecular weight excluding hydrogens is 439 g/mol. The molecule has 1 aliphatic heterocycles. The maximum absolute atomic E-state index is 12.7. The summed E-state index contributed by atoms with van der Waals surface area (Å²) in [6, 6.07) is 4.75. The molecule has 2 aliphatic rings. The molecule has 1 aliphatic carbocycles. The summed E-state index contributed by atoms with van der Waals surface area (Å²) < 4.78 is 66.0. The van der Waals surface area contributed by atoms with Crippen LogP contribution < -0.4 is 10.5 Å². The van der Waals surface area contributed by atoms with Gasteiger partial charge in [-0.2, -0.15) is 0 Å². The Kier molecular flexibility index (Phi) is 4.89. The average molecular weight is 457 g/mol. The van der Waals surface area contributed by atoms with Crippen LogP contribution in [0.5, 0.6) is 5.75 Å². The largest absolute Gasteiger partial charge is 0.573 e. The first-order chi connectivity index (χ1) is 14.4. The van der Waals surface area contributed by atoms with Crippen LogP contribution in [0.4, 0.5) is 18.9 Å². The summed E-state index contributed by atoms with van der Waals surface area (Å²) in [6.45, 7) is 0.341. The number of anilines is 1. The molecule has 4 rings (SSSR count). The van der Waals surface area contributed by atoms with Gasteiger partial charge in [0.2, 0.25) is 9.84 Å². The molecule has 1 saturated heterocycles. The normalized spacial score (nSPS) is 18.4. The van der Waals surface area contributed by atoms with Crippen LogP contribution in [0.2, 0.25) is 0 Å². The monoisotopic (exact) mass is 457 g/mol. The van der Waals surface area contributed by atoms with Gasteiger partial charge in [0.05, 0.1) is 28.6 Å². The van der Waals surface area contributed by atoms with Crippen molar-refractivity contribution in [3.63, 3.8) is 0 Å². The number of likely N-dealkylation sites (tertiary alicyclic amines) is 1. The summed E-state index contributed by atoms with van der Waals surface area (Å²) in [7, 11) is -4.14. The van der Waals surface area contributed by atoms with Crippen LogP contribution in [-0.2, 0) is 9.84 Å². The van der Waals surface area contributed by atoms with E-state index in [1.54, 1.807) is 0 Å². The summed E-state index contributed by atoms with van der Waals surface area (Å²) in [6.07, 6.45) is -2.08. The summed E-state index contributed by atoms with van der Waals surface area (Å²) in [5, 5.41) is 10.3. The number of hydrogen-bond donors (Lipinski definition) is 2. The third-order valence-corrected chi connectivity index (χ3v) is 7.06. The van der Waals surface area contributed by atoms with Gasteiger partial charge in [0, 0.05) is 6.20 Å². The van der Waals surface area contributed by atoms with E-state index < -0.39 is 33.5 Å². The van der Waals surface area contributed by atoms with Crippen molar-refractivity contribution in [2.45, 2.75) is 34.6 Å². The molecule has 2 fully saturated rings. The number of carbonyl (C=O) groups is 1. The minimum Gasteiger partial charge on any atom is -0.406 e. The molecule has 8 nitrogen and oxygen atoms in total. The van der Waals surface area contributed by atoms with Gasteiger partial charge in [-0.1, -0.05) is 0 Å². The number of amides is 1. The van der Waals surface area contributed by atoms with Crippen molar-refractivity contribution in [2.75, 3.05) is 18.8 Å². The molecular formula is C19H18F3N3O5S. The summed E-state index contributed by atoms with van der Waals surface area (Å²) in [5.41, 5.74) is 4.69. The van der Waals surface area contributed by atoms with E-state index in [1.165, 1.54) is 4.90 Å². The highest BCUT2D eigenvalue weighted by atomic mass is 32.2. The quantitative estimate of drug-likeness (QED) is 0.704. The summed E-state index contributed by atoms with van der Waals surface area (Å²) in [5.74, 6) is -0.881. The van der Waals surface area contributed by atoms with Crippen LogP contribution in [0.3, 0.4) is 0 Å². The van der Waals surface area contributed by atoms with Gasteiger partial charge in [-0.25, -0.2) is 13.4 Å². The highest BCUT2D eigenvalue weighted by molar-refractivity contribution is 7.91. The molecule has 2 aromatic rings. The number of rotatable bonds is 5. The first-order valence-electron chi connectivity index (χ1n) is 9.27. The predicted octanol–water partition coefficient (Wildman–Crippen LogP) is 1.99. The average Bonchev–Trinajstić information content (AvgIpc) is 3.49. The highest BCUT2D eigenvalue weighted by Crippen LogP contribution is 2.44. The van der Waals surface area contributed by atoms with Crippen LogP contribution >= 0.6 is 0 Å². The van der Waals surface area contributed by atoms with Crippen molar-refractivity contribution in [3.05, 3.63) is 42.2 Å². The maximum atomic E-state index is 12.7. The number of nitrogens with zero attached hydrogens (tertiary/aromatic N) is 2. The zero-order valence-corrected chi connectivity index (χ0v) is 16.8. The molecule has 0 atom stereocenters. The fraction of sp³-hybridized carbons (Fsp3) is 0.368. The van der Waals surface area contributed by atoms with Gasteiger partial charge in [0.15, 0.2) is 5.69 Å². The second-order valence-electron chi connectivity index (χ2n) is 7.67. The number of sulfone groups is 1. The molecule has 1 aromatic heterocycles. The third-order valence-electron chi connectivity index (χ3n) is 5.33. The molecule has 0 spiro atoms. The Hall–Kier alpha value is -2.86. The molecule has 0 radical (unpaired) electrons. The second kappa shape index (κ2) is 7.09. The van der Waals surface area contributed by atoms with Crippen molar-refractivity contribution in [1.29, 1.82) is 0 Å². The molecule has 3 N–H and O–H groups in total. The molecule has 12 heteroatoms. The van der Waals surface area contributed by atoms with Gasteiger partial charge in [-0.15, -0.1) is 13.2 Å². The van der Waals surface area contributed by atoms with Crippen molar-refractivity contribution < 1.29 is 36.2 Å². The Labute approximate surface area is 175 Å². The van der Waals surface area contributed by atoms with Gasteiger partial charge in [0.25, 0.3) is 5.91 Å². The van der Waals surface area contributed by atoms with Crippen molar-refractivity contribution in [3.8, 4) is 5.75 Å². The lowest BCUT2D eigenvalue weighted by atomic mass is 9.88. The number of carbonyl (C=O) groups excluding carboxylic acids is 1. The first-order valence-corrected chi connectivity index (χ1v) is 10.8. The fourth-order valence-electron chi connectivity index (χ4n) is 3.53. The Morgan fingerprint density at radius 2 is 1.81 bits per heavy atom. The molecule has 0 unspecified atom stereocenters. The van der Waals surface area contributed by atoms with E-state index in [9.17, 15) is 31.5 Å². The number of ether oxygens (including phenoxy) is 1. The molecule has 166 valence electrons. The minimum atomic E-state index is -4.90. The van der Waals surface area contributed by atoms with Crippen molar-refractivity contribution >= 4 is 21.4 Å². The van der Waals surface area contributed by atoms with E-state index >= 15 is 0 Å². The number of benzene rings is 1. The van der Waals surface area contributed by atoms with Gasteiger partial charge in [-0.3, -0.25) is 4.79 Å². The van der Waals surface area contributed by atoms with Gasteiger partial charge < -0.3 is 20.5 Å². The molecule has 2 heterocycles. The van der Waals surface area contributed by atoms with E-state index in [4.69, 9.17) is 5.73 Å². The fourth-order valence-corrected chi connectivity index (χ4v) is 4.77. The number of aromatic nitrogens is 1. The Morgan fingerprint density at radius 1 is 1.19 bits per heavy atom. The number of pyridine rings is 1. The number of halogens is 3. The summed E-state index contributed by atoms with van der Waals surface area (Å²) in [4.78, 5) is 17.3. The number of alkyl halides is 3. The van der Waals surface area contributed by atoms with E-state index in [2.05, 4.69) is 9.72 Å². The Bertz CT molecular complexity index is 1130. The van der Waals surface area contributed by atoms with Crippen molar-refractivity contribution in [1.82, 2.24) is 9.88 Å². The lowest BCUT2D eigenvalue weighted by Crippen LogP contribution is -2.64. The number of hydrogen-bond acceptors (Lipinski definition) is 7. The van der Waals surface area contributed by atoms with E-state index in [1.807, 2.05) is 0 Å². The molecule has 31 heavy (non-hydrogen) atoms. The molecule has 1 aromatic carbocycles. The lowest BCUT2D eigenvalue weighted by Gasteiger charge is -2.46. The lowest BCUT2D eigenvalue weighted by molar-refractivity contribution is -0.274. The molecule has 0 bridgehead atoms.